The summed E-state index contributed by atoms with van der Waals surface area (Å²) < 4.78 is 67.4. The maximum Gasteiger partial charge on any atom is 0.573 e. The van der Waals surface area contributed by atoms with Gasteiger partial charge < -0.3 is 19.8 Å². The lowest BCUT2D eigenvalue weighted by Crippen LogP contribution is -2.58. The van der Waals surface area contributed by atoms with Crippen LogP contribution in [-0.2, 0) is 21.4 Å². The minimum atomic E-state index is -4.92. The van der Waals surface area contributed by atoms with Crippen molar-refractivity contribution < 1.29 is 41.3 Å². The first-order valence-electron chi connectivity index (χ1n) is 8.85. The predicted octanol–water partition coefficient (Wildman–Crippen LogP) is 1.81. The summed E-state index contributed by atoms with van der Waals surface area (Å²) in [4.78, 5) is 18.0. The van der Waals surface area contributed by atoms with Crippen LogP contribution in [0.5, 0.6) is 5.75 Å². The number of nitrogens with zero attached hydrogens (tertiary/aromatic N) is 3. The van der Waals surface area contributed by atoms with E-state index in [1.54, 1.807) is 11.8 Å². The molecule has 2 heterocycles. The van der Waals surface area contributed by atoms with Crippen LogP contribution in [0.3, 0.4) is 0 Å². The fraction of sp³-hybridized carbons (Fsp3) is 0.412. The van der Waals surface area contributed by atoms with Gasteiger partial charge in [0.2, 0.25) is 10.0 Å². The maximum atomic E-state index is 13.0. The molecular weight excluding hydrogens is 463 g/mol. The molecule has 1 aromatic carbocycles. The molecule has 0 bridgehead atoms. The van der Waals surface area contributed by atoms with E-state index in [1.807, 2.05) is 0 Å². The number of rotatable bonds is 6. The summed E-state index contributed by atoms with van der Waals surface area (Å²) in [6.45, 7) is 1.28. The van der Waals surface area contributed by atoms with E-state index in [4.69, 9.17) is 0 Å². The monoisotopic (exact) mass is 481 g/mol. The Morgan fingerprint density at radius 1 is 1.29 bits per heavy atom. The van der Waals surface area contributed by atoms with Gasteiger partial charge in [0.25, 0.3) is 0 Å². The van der Waals surface area contributed by atoms with E-state index in [9.17, 15) is 36.6 Å². The highest BCUT2D eigenvalue weighted by molar-refractivity contribution is 7.89. The normalized spacial score (nSPS) is 18.2. The summed E-state index contributed by atoms with van der Waals surface area (Å²) in [5, 5.41) is 19.4. The Morgan fingerprint density at radius 2 is 1.94 bits per heavy atom. The number of carbonyl (C=O) groups is 1. The molecule has 9 nitrogen and oxygen atoms in total. The lowest BCUT2D eigenvalue weighted by molar-refractivity contribution is -0.274. The number of benzene rings is 1. The van der Waals surface area contributed by atoms with E-state index >= 15 is 0 Å². The SMILES string of the molecule is Cc1nc(N2CCN(S(=O)(=O)c3ccc(OC(F)(F)F)cc3)[C@@H](C(=O)O)C2)sc1CO. The third kappa shape index (κ3) is 5.08. The number of aliphatic hydroxyl groups excluding tert-OH is 1. The summed E-state index contributed by atoms with van der Waals surface area (Å²) in [6.07, 6.45) is -4.92. The number of alkyl halides is 3. The van der Waals surface area contributed by atoms with Crippen LogP contribution >= 0.6 is 11.3 Å². The average molecular weight is 481 g/mol. The van der Waals surface area contributed by atoms with Crippen molar-refractivity contribution in [3.05, 3.63) is 34.8 Å². The van der Waals surface area contributed by atoms with Gasteiger partial charge in [-0.05, 0) is 31.2 Å². The molecule has 1 aliphatic heterocycles. The van der Waals surface area contributed by atoms with Crippen molar-refractivity contribution in [2.24, 2.45) is 0 Å². The van der Waals surface area contributed by atoms with Crippen LogP contribution < -0.4 is 9.64 Å². The molecule has 0 aliphatic carbocycles. The van der Waals surface area contributed by atoms with Gasteiger partial charge in [-0.25, -0.2) is 13.4 Å². The van der Waals surface area contributed by atoms with Crippen molar-refractivity contribution in [1.82, 2.24) is 9.29 Å². The van der Waals surface area contributed by atoms with Crippen molar-refractivity contribution in [3.63, 3.8) is 0 Å². The number of aliphatic hydroxyl groups is 1. The molecule has 1 fully saturated rings. The second-order valence-electron chi connectivity index (χ2n) is 6.60. The second-order valence-corrected chi connectivity index (χ2v) is 9.55. The molecule has 1 aliphatic rings. The highest BCUT2D eigenvalue weighted by Gasteiger charge is 2.41. The molecule has 170 valence electrons. The fourth-order valence-corrected chi connectivity index (χ4v) is 5.59. The van der Waals surface area contributed by atoms with Gasteiger partial charge in [-0.15, -0.1) is 13.2 Å². The molecular formula is C17H18F3N3O6S2. The van der Waals surface area contributed by atoms with Crippen LogP contribution in [0.2, 0.25) is 0 Å². The Kier molecular flexibility index (Phi) is 6.45. The van der Waals surface area contributed by atoms with Crippen molar-refractivity contribution >= 4 is 32.5 Å². The number of hydrogen-bond donors (Lipinski definition) is 2. The Morgan fingerprint density at radius 3 is 2.45 bits per heavy atom. The number of sulfonamides is 1. The Labute approximate surface area is 179 Å². The molecule has 1 aromatic heterocycles. The number of aliphatic carboxylic acids is 1. The van der Waals surface area contributed by atoms with Gasteiger partial charge in [-0.2, -0.15) is 4.31 Å². The van der Waals surface area contributed by atoms with Crippen molar-refractivity contribution in [2.45, 2.75) is 30.8 Å². The number of aromatic nitrogens is 1. The Bertz CT molecular complexity index is 1060. The molecule has 2 aromatic rings. The van der Waals surface area contributed by atoms with E-state index in [0.717, 1.165) is 28.6 Å². The largest absolute Gasteiger partial charge is 0.573 e. The zero-order chi connectivity index (χ0) is 23.0. The number of anilines is 1. The topological polar surface area (TPSA) is 120 Å². The Balaban J connectivity index is 1.83. The van der Waals surface area contributed by atoms with Crippen LogP contribution in [0.4, 0.5) is 18.3 Å². The number of piperazine rings is 1. The first kappa shape index (κ1) is 23.2. The number of carboxylic acids is 1. The zero-order valence-electron chi connectivity index (χ0n) is 16.0. The molecule has 0 saturated carbocycles. The van der Waals surface area contributed by atoms with Crippen LogP contribution in [0.25, 0.3) is 0 Å². The number of halogens is 3. The summed E-state index contributed by atoms with van der Waals surface area (Å²) in [5.41, 5.74) is 0.602. The third-order valence-corrected chi connectivity index (χ3v) is 7.70. The van der Waals surface area contributed by atoms with Crippen LogP contribution in [0, 0.1) is 6.92 Å². The highest BCUT2D eigenvalue weighted by Crippen LogP contribution is 2.31. The maximum absolute atomic E-state index is 13.0. The van der Waals surface area contributed by atoms with Crippen LogP contribution in [-0.4, -0.2) is 65.9 Å². The minimum Gasteiger partial charge on any atom is -0.480 e. The molecule has 0 amide bonds. The standard InChI is InChI=1S/C17H18F3N3O6S2/c1-10-14(9-24)30-16(21-10)22-6-7-23(13(8-22)15(25)26)31(27,28)12-4-2-11(3-5-12)29-17(18,19)20/h2-5,13,24H,6-9H2,1H3,(H,25,26)/t13-/m1/s1. The molecule has 0 unspecified atom stereocenters. The van der Waals surface area contributed by atoms with E-state index in [0.29, 0.717) is 15.7 Å². The second kappa shape index (κ2) is 8.61. The van der Waals surface area contributed by atoms with Gasteiger partial charge in [-0.1, -0.05) is 11.3 Å². The quantitative estimate of drug-likeness (QED) is 0.641. The van der Waals surface area contributed by atoms with Gasteiger partial charge in [0.15, 0.2) is 5.13 Å². The van der Waals surface area contributed by atoms with Crippen molar-refractivity contribution in [2.75, 3.05) is 24.5 Å². The van der Waals surface area contributed by atoms with Crippen molar-refractivity contribution in [3.8, 4) is 5.75 Å². The number of ether oxygens (including phenoxy) is 1. The smallest absolute Gasteiger partial charge is 0.480 e. The van der Waals surface area contributed by atoms with E-state index in [-0.39, 0.29) is 31.1 Å². The van der Waals surface area contributed by atoms with Crippen molar-refractivity contribution in [1.29, 1.82) is 0 Å². The van der Waals surface area contributed by atoms with Crippen LogP contribution in [0.1, 0.15) is 10.6 Å². The lowest BCUT2D eigenvalue weighted by atomic mass is 10.2. The third-order valence-electron chi connectivity index (χ3n) is 4.58. The number of aryl methyl sites for hydroxylation is 1. The molecule has 1 atom stereocenters. The molecule has 0 radical (unpaired) electrons. The highest BCUT2D eigenvalue weighted by atomic mass is 32.2. The van der Waals surface area contributed by atoms with E-state index in [2.05, 4.69) is 9.72 Å². The molecule has 2 N–H and O–H groups in total. The summed E-state index contributed by atoms with van der Waals surface area (Å²) in [5.74, 6) is -1.97. The Hall–Kier alpha value is -2.42. The molecule has 3 rings (SSSR count). The van der Waals surface area contributed by atoms with E-state index in [1.165, 1.54) is 11.3 Å². The average Bonchev–Trinajstić information content (AvgIpc) is 3.07. The van der Waals surface area contributed by atoms with Crippen LogP contribution in [0.15, 0.2) is 29.2 Å². The van der Waals surface area contributed by atoms with Gasteiger partial charge in [0, 0.05) is 19.6 Å². The first-order chi connectivity index (χ1) is 14.4. The summed E-state index contributed by atoms with van der Waals surface area (Å²) in [7, 11) is -4.30. The minimum absolute atomic E-state index is 0.149. The molecule has 31 heavy (non-hydrogen) atoms. The fourth-order valence-electron chi connectivity index (χ4n) is 3.07. The van der Waals surface area contributed by atoms with E-state index < -0.39 is 34.1 Å². The lowest BCUT2D eigenvalue weighted by Gasteiger charge is -2.38. The number of hydrogen-bond acceptors (Lipinski definition) is 8. The van der Waals surface area contributed by atoms with Gasteiger partial charge in [0.1, 0.15) is 11.8 Å². The first-order valence-corrected chi connectivity index (χ1v) is 11.1. The predicted molar refractivity (Wildman–Crippen MR) is 103 cm³/mol. The van der Waals surface area contributed by atoms with Gasteiger partial charge >= 0.3 is 12.3 Å². The summed E-state index contributed by atoms with van der Waals surface area (Å²) >= 11 is 1.19. The molecule has 14 heteroatoms. The van der Waals surface area contributed by atoms with Gasteiger partial charge in [0.05, 0.1) is 22.1 Å². The summed E-state index contributed by atoms with van der Waals surface area (Å²) in [6, 6.07) is 2.12. The zero-order valence-corrected chi connectivity index (χ0v) is 17.7. The number of thiazole rings is 1. The molecule has 0 spiro atoms. The van der Waals surface area contributed by atoms with Gasteiger partial charge in [-0.3, -0.25) is 4.79 Å². The number of carboxylic acid groups (broad SMARTS) is 1. The molecule has 1 saturated heterocycles.